The van der Waals surface area contributed by atoms with Gasteiger partial charge < -0.3 is 16.0 Å². The van der Waals surface area contributed by atoms with Crippen LogP contribution in [-0.4, -0.2) is 38.5 Å². The Morgan fingerprint density at radius 1 is 1.11 bits per heavy atom. The fourth-order valence-corrected chi connectivity index (χ4v) is 3.93. The number of guanidine groups is 1. The number of halogens is 2. The molecule has 2 fully saturated rings. The van der Waals surface area contributed by atoms with Crippen LogP contribution in [0.2, 0.25) is 0 Å². The molecule has 1 aromatic carbocycles. The largest absolute Gasteiger partial charge is 0.356 e. The van der Waals surface area contributed by atoms with E-state index in [9.17, 15) is 9.18 Å². The normalized spacial score (nSPS) is 18.7. The van der Waals surface area contributed by atoms with Crippen molar-refractivity contribution in [2.75, 3.05) is 26.7 Å². The third-order valence-electron chi connectivity index (χ3n) is 5.81. The summed E-state index contributed by atoms with van der Waals surface area (Å²) in [6, 6.07) is 7.02. The lowest BCUT2D eigenvalue weighted by atomic mass is 9.89. The van der Waals surface area contributed by atoms with Crippen molar-refractivity contribution in [2.45, 2.75) is 50.4 Å². The second-order valence-electron chi connectivity index (χ2n) is 7.74. The highest BCUT2D eigenvalue weighted by Gasteiger charge is 2.45. The summed E-state index contributed by atoms with van der Waals surface area (Å²) < 4.78 is 14.1. The Bertz CT molecular complexity index is 672. The minimum absolute atomic E-state index is 0. The Morgan fingerprint density at radius 2 is 1.79 bits per heavy atom. The molecule has 0 unspecified atom stereocenters. The molecule has 0 spiro atoms. The van der Waals surface area contributed by atoms with Gasteiger partial charge >= 0.3 is 0 Å². The zero-order valence-electron chi connectivity index (χ0n) is 16.6. The van der Waals surface area contributed by atoms with Crippen molar-refractivity contribution < 1.29 is 9.18 Å². The molecule has 7 heteroatoms. The van der Waals surface area contributed by atoms with E-state index in [1.165, 1.54) is 12.5 Å². The van der Waals surface area contributed by atoms with E-state index < -0.39 is 0 Å². The van der Waals surface area contributed by atoms with Crippen LogP contribution in [-0.2, 0) is 10.2 Å². The fraction of sp³-hybridized carbons (Fsp3) is 0.619. The summed E-state index contributed by atoms with van der Waals surface area (Å²) >= 11 is 0. The topological polar surface area (TPSA) is 65.5 Å². The molecular weight excluding hydrogens is 470 g/mol. The van der Waals surface area contributed by atoms with Gasteiger partial charge in [0.05, 0.1) is 0 Å². The molecular formula is C21H32FIN4O. The Morgan fingerprint density at radius 3 is 2.43 bits per heavy atom. The first-order valence-electron chi connectivity index (χ1n) is 10.1. The predicted molar refractivity (Wildman–Crippen MR) is 122 cm³/mol. The standard InChI is InChI=1S/C21H31FN4O.HI/c1-23-20(25-14-13-24-19(27)16-7-3-2-4-8-16)26-15-21(11-12-21)17-9-5-6-10-18(17)22;/h5-6,9-10,16H,2-4,7-8,11-15H2,1H3,(H,24,27)(H2,23,25,26);1H. The van der Waals surface area contributed by atoms with Crippen LogP contribution in [0.5, 0.6) is 0 Å². The zero-order valence-corrected chi connectivity index (χ0v) is 18.9. The van der Waals surface area contributed by atoms with E-state index >= 15 is 0 Å². The van der Waals surface area contributed by atoms with Crippen LogP contribution >= 0.6 is 24.0 Å². The quantitative estimate of drug-likeness (QED) is 0.232. The molecule has 0 radical (unpaired) electrons. The number of hydrogen-bond acceptors (Lipinski definition) is 2. The van der Waals surface area contributed by atoms with Gasteiger partial charge in [0.15, 0.2) is 5.96 Å². The predicted octanol–water partition coefficient (Wildman–Crippen LogP) is 3.34. The molecule has 156 valence electrons. The summed E-state index contributed by atoms with van der Waals surface area (Å²) in [5, 5.41) is 9.55. The Hall–Kier alpha value is -1.38. The summed E-state index contributed by atoms with van der Waals surface area (Å²) in [5.74, 6) is 0.914. The van der Waals surface area contributed by atoms with E-state index in [1.807, 2.05) is 12.1 Å². The molecule has 1 aromatic rings. The lowest BCUT2D eigenvalue weighted by molar-refractivity contribution is -0.125. The first-order valence-corrected chi connectivity index (χ1v) is 10.1. The van der Waals surface area contributed by atoms with Crippen molar-refractivity contribution in [1.82, 2.24) is 16.0 Å². The number of carbonyl (C=O) groups is 1. The molecule has 0 aromatic heterocycles. The zero-order chi connectivity index (χ0) is 19.1. The monoisotopic (exact) mass is 502 g/mol. The van der Waals surface area contributed by atoms with Crippen LogP contribution in [0.15, 0.2) is 29.3 Å². The minimum Gasteiger partial charge on any atom is -0.356 e. The number of carbonyl (C=O) groups excluding carboxylic acids is 1. The van der Waals surface area contributed by atoms with Crippen molar-refractivity contribution in [3.05, 3.63) is 35.6 Å². The molecule has 0 atom stereocenters. The summed E-state index contributed by atoms with van der Waals surface area (Å²) in [4.78, 5) is 16.4. The summed E-state index contributed by atoms with van der Waals surface area (Å²) in [6.45, 7) is 1.85. The highest BCUT2D eigenvalue weighted by Crippen LogP contribution is 2.48. The first kappa shape index (κ1) is 22.9. The number of aliphatic imine (C=N–C) groups is 1. The van der Waals surface area contributed by atoms with Crippen LogP contribution < -0.4 is 16.0 Å². The average Bonchev–Trinajstić information content (AvgIpc) is 3.49. The van der Waals surface area contributed by atoms with Gasteiger partial charge in [-0.25, -0.2) is 4.39 Å². The summed E-state index contributed by atoms with van der Waals surface area (Å²) in [5.41, 5.74) is 0.658. The van der Waals surface area contributed by atoms with Gasteiger partial charge in [0, 0.05) is 38.0 Å². The third-order valence-corrected chi connectivity index (χ3v) is 5.81. The molecule has 2 saturated carbocycles. The first-order chi connectivity index (χ1) is 13.1. The van der Waals surface area contributed by atoms with Gasteiger partial charge in [0.25, 0.3) is 0 Å². The van der Waals surface area contributed by atoms with Crippen molar-refractivity contribution >= 4 is 35.8 Å². The average molecular weight is 502 g/mol. The minimum atomic E-state index is -0.134. The molecule has 1 amide bonds. The molecule has 3 rings (SSSR count). The highest BCUT2D eigenvalue weighted by molar-refractivity contribution is 14.0. The van der Waals surface area contributed by atoms with Gasteiger partial charge in [0.1, 0.15) is 5.82 Å². The molecule has 28 heavy (non-hydrogen) atoms. The van der Waals surface area contributed by atoms with Gasteiger partial charge in [0.2, 0.25) is 5.91 Å². The second kappa shape index (κ2) is 11.0. The van der Waals surface area contributed by atoms with Gasteiger partial charge in [-0.3, -0.25) is 9.79 Å². The van der Waals surface area contributed by atoms with Crippen LogP contribution in [0.4, 0.5) is 4.39 Å². The Labute approximate surface area is 184 Å². The Kier molecular flexibility index (Phi) is 8.98. The SMILES string of the molecule is CN=C(NCCNC(=O)C1CCCCC1)NCC1(c2ccccc2F)CC1.I. The summed E-state index contributed by atoms with van der Waals surface area (Å²) in [6.07, 6.45) is 7.57. The molecule has 0 aliphatic heterocycles. The maximum atomic E-state index is 14.1. The van der Waals surface area contributed by atoms with Crippen LogP contribution in [0, 0.1) is 11.7 Å². The van der Waals surface area contributed by atoms with E-state index in [0.29, 0.717) is 25.6 Å². The molecule has 0 heterocycles. The van der Waals surface area contributed by atoms with Crippen molar-refractivity contribution in [3.8, 4) is 0 Å². The highest BCUT2D eigenvalue weighted by atomic mass is 127. The number of nitrogens with zero attached hydrogens (tertiary/aromatic N) is 1. The lowest BCUT2D eigenvalue weighted by Crippen LogP contribution is -2.44. The lowest BCUT2D eigenvalue weighted by Gasteiger charge is -2.21. The maximum Gasteiger partial charge on any atom is 0.223 e. The van der Waals surface area contributed by atoms with E-state index in [2.05, 4.69) is 20.9 Å². The molecule has 2 aliphatic rings. The second-order valence-corrected chi connectivity index (χ2v) is 7.74. The van der Waals surface area contributed by atoms with Gasteiger partial charge in [-0.05, 0) is 37.3 Å². The molecule has 2 aliphatic carbocycles. The van der Waals surface area contributed by atoms with E-state index in [4.69, 9.17) is 0 Å². The van der Waals surface area contributed by atoms with Crippen LogP contribution in [0.1, 0.15) is 50.5 Å². The molecule has 0 saturated heterocycles. The number of benzene rings is 1. The van der Waals surface area contributed by atoms with Gasteiger partial charge in [-0.15, -0.1) is 24.0 Å². The number of nitrogens with one attached hydrogen (secondary N) is 3. The van der Waals surface area contributed by atoms with Crippen molar-refractivity contribution in [2.24, 2.45) is 10.9 Å². The molecule has 3 N–H and O–H groups in total. The Balaban J connectivity index is 0.00000280. The third kappa shape index (κ3) is 6.06. The van der Waals surface area contributed by atoms with Crippen molar-refractivity contribution in [1.29, 1.82) is 0 Å². The van der Waals surface area contributed by atoms with E-state index in [-0.39, 0.29) is 47.0 Å². The molecule has 5 nitrogen and oxygen atoms in total. The smallest absolute Gasteiger partial charge is 0.223 e. The number of rotatable bonds is 7. The van der Waals surface area contributed by atoms with E-state index in [1.54, 1.807) is 13.1 Å². The van der Waals surface area contributed by atoms with Gasteiger partial charge in [-0.1, -0.05) is 37.5 Å². The van der Waals surface area contributed by atoms with Crippen LogP contribution in [0.3, 0.4) is 0 Å². The number of hydrogen-bond donors (Lipinski definition) is 3. The summed E-state index contributed by atoms with van der Waals surface area (Å²) in [7, 11) is 1.72. The maximum absolute atomic E-state index is 14.1. The molecule has 0 bridgehead atoms. The van der Waals surface area contributed by atoms with E-state index in [0.717, 1.165) is 44.1 Å². The fourth-order valence-electron chi connectivity index (χ4n) is 3.93. The number of amides is 1. The van der Waals surface area contributed by atoms with Crippen LogP contribution in [0.25, 0.3) is 0 Å². The van der Waals surface area contributed by atoms with Gasteiger partial charge in [-0.2, -0.15) is 0 Å². The van der Waals surface area contributed by atoms with Crippen molar-refractivity contribution in [3.63, 3.8) is 0 Å².